The number of amides is 1. The van der Waals surface area contributed by atoms with Gasteiger partial charge in [0.25, 0.3) is 5.91 Å². The van der Waals surface area contributed by atoms with Gasteiger partial charge in [-0.05, 0) is 58.7 Å². The summed E-state index contributed by atoms with van der Waals surface area (Å²) in [6, 6.07) is 2.50. The summed E-state index contributed by atoms with van der Waals surface area (Å²) in [6.45, 7) is 9.89. The average molecular weight is 566 g/mol. The molecule has 4 aliphatic rings. The molecule has 6 heterocycles. The minimum Gasteiger partial charge on any atom is -0.482 e. The number of nitrogens with one attached hydrogen (secondary N) is 1. The van der Waals surface area contributed by atoms with Crippen LogP contribution in [0.1, 0.15) is 55.7 Å². The lowest BCUT2D eigenvalue weighted by molar-refractivity contribution is -0.132. The number of piperidine rings is 1. The number of hydrogen-bond donors (Lipinski definition) is 1. The van der Waals surface area contributed by atoms with Crippen molar-refractivity contribution in [1.82, 2.24) is 24.8 Å². The predicted octanol–water partition coefficient (Wildman–Crippen LogP) is 2.03. The summed E-state index contributed by atoms with van der Waals surface area (Å²) < 4.78 is 30.4. The van der Waals surface area contributed by atoms with Gasteiger partial charge in [-0.15, -0.1) is 0 Å². The second-order valence-electron chi connectivity index (χ2n) is 11.0. The van der Waals surface area contributed by atoms with Gasteiger partial charge in [0, 0.05) is 43.8 Å². The van der Waals surface area contributed by atoms with Crippen molar-refractivity contribution in [1.29, 1.82) is 0 Å². The van der Waals surface area contributed by atoms with Crippen LogP contribution in [0.25, 0.3) is 0 Å². The molecule has 0 bridgehead atoms. The number of nitrogens with zero attached hydrogens (tertiary/aromatic N) is 6. The second kappa shape index (κ2) is 10.5. The summed E-state index contributed by atoms with van der Waals surface area (Å²) in [5.74, 6) is 7.89. The predicted molar refractivity (Wildman–Crippen MR) is 152 cm³/mol. The van der Waals surface area contributed by atoms with E-state index >= 15 is 0 Å². The van der Waals surface area contributed by atoms with Gasteiger partial charge in [-0.2, -0.15) is 0 Å². The third kappa shape index (κ3) is 5.08. The first-order valence-electron chi connectivity index (χ1n) is 13.9. The molecule has 1 amide bonds. The van der Waals surface area contributed by atoms with E-state index in [-0.39, 0.29) is 23.5 Å². The number of carbonyl (C=O) groups excluding carboxylic acids is 1. The van der Waals surface area contributed by atoms with Crippen LogP contribution in [0.5, 0.6) is 5.75 Å². The van der Waals surface area contributed by atoms with E-state index in [1.807, 2.05) is 23.6 Å². The highest BCUT2D eigenvalue weighted by Crippen LogP contribution is 2.44. The molecule has 2 aromatic heterocycles. The summed E-state index contributed by atoms with van der Waals surface area (Å²) in [5, 5.41) is 3.50. The molecular formula is C28H35N7O4S. The number of sulfone groups is 1. The van der Waals surface area contributed by atoms with Crippen molar-refractivity contribution in [3.63, 3.8) is 0 Å². The van der Waals surface area contributed by atoms with E-state index in [2.05, 4.69) is 38.1 Å². The molecule has 3 saturated heterocycles. The molecule has 40 heavy (non-hydrogen) atoms. The van der Waals surface area contributed by atoms with Crippen LogP contribution in [0.4, 0.5) is 17.3 Å². The van der Waals surface area contributed by atoms with Gasteiger partial charge in [-0.3, -0.25) is 14.7 Å². The number of fused-ring (bicyclic) bond motifs is 2. The largest absolute Gasteiger partial charge is 0.482 e. The van der Waals surface area contributed by atoms with E-state index < -0.39 is 9.84 Å². The maximum atomic E-state index is 12.0. The third-order valence-electron chi connectivity index (χ3n) is 8.47. The van der Waals surface area contributed by atoms with Gasteiger partial charge in [0.1, 0.15) is 24.1 Å². The van der Waals surface area contributed by atoms with Gasteiger partial charge in [-0.1, -0.05) is 5.92 Å². The molecule has 4 aliphatic heterocycles. The van der Waals surface area contributed by atoms with Gasteiger partial charge < -0.3 is 19.9 Å². The average Bonchev–Trinajstić information content (AvgIpc) is 3.04. The Balaban J connectivity index is 1.17. The molecule has 212 valence electrons. The summed E-state index contributed by atoms with van der Waals surface area (Å²) >= 11 is 0. The Kier molecular flexibility index (Phi) is 7.04. The number of likely N-dealkylation sites (tertiary alicyclic amines) is 2. The minimum atomic E-state index is -3.01. The molecule has 1 N–H and O–H groups in total. The fraction of sp³-hybridized carbons (Fsp3) is 0.571. The van der Waals surface area contributed by atoms with Gasteiger partial charge in [0.2, 0.25) is 0 Å². The standard InChI is InChI=1S/C28H35N7O4S/c1-4-5-24(36)35-15-21(16-35)33-8-6-20(7-9-33)22-14-23-26(18(2)31-22)39-19(3)25-27(32-23)29-17-30-28(25)34-10-12-40(37,38)13-11-34/h14,17,19-21H,6-13,15-16H2,1-3H3,(H,29,30,32)/t19-/m0/s1. The lowest BCUT2D eigenvalue weighted by Gasteiger charge is -2.47. The van der Waals surface area contributed by atoms with E-state index in [9.17, 15) is 13.2 Å². The Morgan fingerprint density at radius 3 is 2.55 bits per heavy atom. The molecule has 3 fully saturated rings. The van der Waals surface area contributed by atoms with Crippen LogP contribution in [-0.2, 0) is 14.6 Å². The lowest BCUT2D eigenvalue weighted by atomic mass is 9.90. The minimum absolute atomic E-state index is 0.0786. The Labute approximate surface area is 235 Å². The zero-order chi connectivity index (χ0) is 28.0. The summed E-state index contributed by atoms with van der Waals surface area (Å²) in [7, 11) is -3.01. The van der Waals surface area contributed by atoms with Crippen LogP contribution < -0.4 is 15.0 Å². The Morgan fingerprint density at radius 1 is 1.12 bits per heavy atom. The molecule has 0 saturated carbocycles. The molecule has 12 heteroatoms. The molecule has 2 aromatic rings. The van der Waals surface area contributed by atoms with Crippen LogP contribution in [-0.4, -0.2) is 95.9 Å². The molecule has 0 unspecified atom stereocenters. The zero-order valence-corrected chi connectivity index (χ0v) is 24.0. The van der Waals surface area contributed by atoms with Crippen LogP contribution in [0.15, 0.2) is 12.4 Å². The van der Waals surface area contributed by atoms with Crippen molar-refractivity contribution in [3.8, 4) is 17.6 Å². The monoisotopic (exact) mass is 565 g/mol. The van der Waals surface area contributed by atoms with Gasteiger partial charge in [0.15, 0.2) is 15.6 Å². The van der Waals surface area contributed by atoms with E-state index in [0.717, 1.165) is 61.7 Å². The molecular weight excluding hydrogens is 530 g/mol. The summed E-state index contributed by atoms with van der Waals surface area (Å²) in [6.07, 6.45) is 3.19. The highest BCUT2D eigenvalue weighted by molar-refractivity contribution is 7.91. The maximum Gasteiger partial charge on any atom is 0.298 e. The van der Waals surface area contributed by atoms with Gasteiger partial charge in [-0.25, -0.2) is 18.4 Å². The van der Waals surface area contributed by atoms with Crippen molar-refractivity contribution in [2.75, 3.05) is 61.0 Å². The number of ether oxygens (including phenoxy) is 1. The first kappa shape index (κ1) is 26.8. The van der Waals surface area contributed by atoms with E-state index in [1.165, 1.54) is 6.33 Å². The quantitative estimate of drug-likeness (QED) is 0.554. The summed E-state index contributed by atoms with van der Waals surface area (Å²) in [5.41, 5.74) is 3.53. The van der Waals surface area contributed by atoms with Crippen LogP contribution in [0, 0.1) is 18.8 Å². The number of carbonyl (C=O) groups is 1. The lowest BCUT2D eigenvalue weighted by Crippen LogP contribution is -2.61. The number of anilines is 3. The number of aromatic nitrogens is 3. The van der Waals surface area contributed by atoms with Gasteiger partial charge in [0.05, 0.1) is 28.5 Å². The van der Waals surface area contributed by atoms with Crippen LogP contribution >= 0.6 is 0 Å². The van der Waals surface area contributed by atoms with Crippen LogP contribution in [0.3, 0.4) is 0 Å². The zero-order valence-electron chi connectivity index (χ0n) is 23.2. The second-order valence-corrected chi connectivity index (χ2v) is 13.3. The normalized spacial score (nSPS) is 22.9. The van der Waals surface area contributed by atoms with Crippen molar-refractivity contribution in [2.45, 2.75) is 51.7 Å². The first-order valence-corrected chi connectivity index (χ1v) is 15.8. The highest BCUT2D eigenvalue weighted by atomic mass is 32.2. The number of hydrogen-bond acceptors (Lipinski definition) is 10. The fourth-order valence-electron chi connectivity index (χ4n) is 6.13. The fourth-order valence-corrected chi connectivity index (χ4v) is 7.34. The van der Waals surface area contributed by atoms with E-state index in [0.29, 0.717) is 42.4 Å². The number of pyridine rings is 1. The Bertz CT molecular complexity index is 1470. The molecule has 0 aliphatic carbocycles. The van der Waals surface area contributed by atoms with Crippen molar-refractivity contribution >= 4 is 33.1 Å². The Morgan fingerprint density at radius 2 is 1.85 bits per heavy atom. The first-order chi connectivity index (χ1) is 19.2. The third-order valence-corrected chi connectivity index (χ3v) is 10.1. The smallest absolute Gasteiger partial charge is 0.298 e. The Hall–Kier alpha value is -3.43. The summed E-state index contributed by atoms with van der Waals surface area (Å²) in [4.78, 5) is 32.3. The van der Waals surface area contributed by atoms with E-state index in [4.69, 9.17) is 9.72 Å². The number of aryl methyl sites for hydroxylation is 1. The molecule has 0 spiro atoms. The van der Waals surface area contributed by atoms with Crippen molar-refractivity contribution in [3.05, 3.63) is 29.3 Å². The molecule has 11 nitrogen and oxygen atoms in total. The topological polar surface area (TPSA) is 121 Å². The SMILES string of the molecule is CC#CC(=O)N1CC(N2CCC(c3cc4c(c(C)n3)O[C@@H](C)c3c(ncnc3N3CCS(=O)(=O)CC3)N4)CC2)C1. The van der Waals surface area contributed by atoms with Crippen molar-refractivity contribution in [2.24, 2.45) is 0 Å². The maximum absolute atomic E-state index is 12.0. The molecule has 1 atom stereocenters. The van der Waals surface area contributed by atoms with Crippen LogP contribution in [0.2, 0.25) is 0 Å². The molecule has 0 radical (unpaired) electrons. The molecule has 6 rings (SSSR count). The van der Waals surface area contributed by atoms with Gasteiger partial charge >= 0.3 is 0 Å². The van der Waals surface area contributed by atoms with Crippen molar-refractivity contribution < 1.29 is 17.9 Å². The van der Waals surface area contributed by atoms with E-state index in [1.54, 1.807) is 6.92 Å². The highest BCUT2D eigenvalue weighted by Gasteiger charge is 2.37. The molecule has 0 aromatic carbocycles. The number of rotatable bonds is 3.